The SMILES string of the molecule is O=C1C(=O)N(c2cccc(OC(F)(F)F)c2)C(c2ccncc2)/C1=C(\O)c1ccc(Cl)c(Cl)c1. The second-order valence-electron chi connectivity index (χ2n) is 7.12. The summed E-state index contributed by atoms with van der Waals surface area (Å²) in [5, 5.41) is 11.3. The number of Topliss-reactive ketones (excluding diaryl/α,β-unsaturated/α-hetero) is 1. The van der Waals surface area contributed by atoms with Gasteiger partial charge in [-0.25, -0.2) is 0 Å². The number of carbonyl (C=O) groups is 2. The van der Waals surface area contributed by atoms with Crippen LogP contribution in [-0.2, 0) is 9.59 Å². The molecule has 0 bridgehead atoms. The Balaban J connectivity index is 1.90. The van der Waals surface area contributed by atoms with Crippen LogP contribution in [0.5, 0.6) is 5.75 Å². The zero-order valence-electron chi connectivity index (χ0n) is 16.9. The Labute approximate surface area is 200 Å². The normalized spacial score (nSPS) is 17.8. The van der Waals surface area contributed by atoms with E-state index in [1.54, 1.807) is 0 Å². The number of amides is 1. The number of ketones is 1. The fourth-order valence-electron chi connectivity index (χ4n) is 3.59. The highest BCUT2D eigenvalue weighted by Crippen LogP contribution is 2.43. The lowest BCUT2D eigenvalue weighted by molar-refractivity contribution is -0.274. The summed E-state index contributed by atoms with van der Waals surface area (Å²) < 4.78 is 42.1. The van der Waals surface area contributed by atoms with Gasteiger partial charge in [-0.2, -0.15) is 0 Å². The van der Waals surface area contributed by atoms with Crippen LogP contribution in [0.2, 0.25) is 10.0 Å². The lowest BCUT2D eigenvalue weighted by atomic mass is 9.96. The average molecular weight is 509 g/mol. The lowest BCUT2D eigenvalue weighted by Crippen LogP contribution is -2.29. The molecule has 1 atom stereocenters. The molecule has 0 aliphatic carbocycles. The van der Waals surface area contributed by atoms with Gasteiger partial charge in [0.2, 0.25) is 0 Å². The molecule has 2 heterocycles. The first kappa shape index (κ1) is 23.6. The van der Waals surface area contributed by atoms with Gasteiger partial charge in [-0.05, 0) is 48.0 Å². The van der Waals surface area contributed by atoms with Crippen LogP contribution >= 0.6 is 23.2 Å². The van der Waals surface area contributed by atoms with Crippen LogP contribution in [0.1, 0.15) is 17.2 Å². The first-order valence-electron chi connectivity index (χ1n) is 9.59. The van der Waals surface area contributed by atoms with Gasteiger partial charge in [0.05, 0.1) is 21.7 Å². The minimum Gasteiger partial charge on any atom is -0.507 e. The van der Waals surface area contributed by atoms with Crippen molar-refractivity contribution in [2.24, 2.45) is 0 Å². The highest BCUT2D eigenvalue weighted by Gasteiger charge is 2.47. The van der Waals surface area contributed by atoms with Crippen molar-refractivity contribution >= 4 is 46.3 Å². The molecule has 1 saturated heterocycles. The van der Waals surface area contributed by atoms with Crippen LogP contribution in [0.15, 0.2) is 72.6 Å². The van der Waals surface area contributed by atoms with Crippen LogP contribution < -0.4 is 9.64 Å². The summed E-state index contributed by atoms with van der Waals surface area (Å²) in [6, 6.07) is 10.7. The van der Waals surface area contributed by atoms with E-state index in [4.69, 9.17) is 23.2 Å². The van der Waals surface area contributed by atoms with E-state index in [-0.39, 0.29) is 26.9 Å². The van der Waals surface area contributed by atoms with Crippen LogP contribution in [0, 0.1) is 0 Å². The number of carbonyl (C=O) groups excluding carboxylic acids is 2. The van der Waals surface area contributed by atoms with Crippen molar-refractivity contribution < 1.29 is 32.6 Å². The summed E-state index contributed by atoms with van der Waals surface area (Å²) in [6.07, 6.45) is -2.12. The number of rotatable bonds is 4. The highest BCUT2D eigenvalue weighted by molar-refractivity contribution is 6.51. The summed E-state index contributed by atoms with van der Waals surface area (Å²) in [5.41, 5.74) is 0.189. The molecule has 6 nitrogen and oxygen atoms in total. The van der Waals surface area contributed by atoms with Crippen molar-refractivity contribution in [3.05, 3.63) is 93.7 Å². The Morgan fingerprint density at radius 2 is 1.71 bits per heavy atom. The van der Waals surface area contributed by atoms with Crippen molar-refractivity contribution in [2.75, 3.05) is 4.90 Å². The summed E-state index contributed by atoms with van der Waals surface area (Å²) in [7, 11) is 0. The van der Waals surface area contributed by atoms with Gasteiger partial charge in [-0.1, -0.05) is 29.3 Å². The Hall–Kier alpha value is -3.56. The standard InChI is InChI=1S/C23H13Cl2F3N2O4/c24-16-5-4-13(10-17(16)25)20(31)18-19(12-6-8-29-9-7-12)30(22(33)21(18)32)14-2-1-3-15(11-14)34-23(26,27)28/h1-11,19,31H/b20-18+. The number of aliphatic hydroxyl groups is 1. The number of halogens is 5. The van der Waals surface area contributed by atoms with Crippen molar-refractivity contribution in [1.82, 2.24) is 4.98 Å². The summed E-state index contributed by atoms with van der Waals surface area (Å²) in [6.45, 7) is 0. The van der Waals surface area contributed by atoms with Gasteiger partial charge in [0.25, 0.3) is 11.7 Å². The summed E-state index contributed by atoms with van der Waals surface area (Å²) >= 11 is 12.0. The third kappa shape index (κ3) is 4.57. The highest BCUT2D eigenvalue weighted by atomic mass is 35.5. The fourth-order valence-corrected chi connectivity index (χ4v) is 3.89. The van der Waals surface area contributed by atoms with E-state index >= 15 is 0 Å². The van der Waals surface area contributed by atoms with Gasteiger partial charge in [0.1, 0.15) is 11.5 Å². The number of hydrogen-bond donors (Lipinski definition) is 1. The Morgan fingerprint density at radius 3 is 2.35 bits per heavy atom. The monoisotopic (exact) mass is 508 g/mol. The number of pyridine rings is 1. The number of nitrogens with zero attached hydrogens (tertiary/aromatic N) is 2. The topological polar surface area (TPSA) is 79.7 Å². The van der Waals surface area contributed by atoms with Crippen LogP contribution in [-0.4, -0.2) is 28.1 Å². The molecule has 0 spiro atoms. The molecule has 3 aromatic rings. The lowest BCUT2D eigenvalue weighted by Gasteiger charge is -2.25. The van der Waals surface area contributed by atoms with Gasteiger partial charge in [0.15, 0.2) is 0 Å². The molecule has 1 unspecified atom stereocenters. The second kappa shape index (κ2) is 9.00. The van der Waals surface area contributed by atoms with E-state index in [2.05, 4.69) is 9.72 Å². The van der Waals surface area contributed by atoms with Gasteiger partial charge >= 0.3 is 6.36 Å². The van der Waals surface area contributed by atoms with Crippen molar-refractivity contribution in [1.29, 1.82) is 0 Å². The molecule has 2 aromatic carbocycles. The minimum atomic E-state index is -4.95. The van der Waals surface area contributed by atoms with Crippen LogP contribution in [0.3, 0.4) is 0 Å². The number of hydrogen-bond acceptors (Lipinski definition) is 5. The maximum Gasteiger partial charge on any atom is 0.573 e. The van der Waals surface area contributed by atoms with Crippen LogP contribution in [0.4, 0.5) is 18.9 Å². The Kier molecular flexibility index (Phi) is 6.24. The molecule has 1 aliphatic heterocycles. The predicted octanol–water partition coefficient (Wildman–Crippen LogP) is 5.91. The summed E-state index contributed by atoms with van der Waals surface area (Å²) in [4.78, 5) is 31.0. The number of anilines is 1. The largest absolute Gasteiger partial charge is 0.573 e. The number of benzene rings is 2. The maximum atomic E-state index is 13.1. The van der Waals surface area contributed by atoms with Crippen molar-refractivity contribution in [2.45, 2.75) is 12.4 Å². The van der Waals surface area contributed by atoms with E-state index in [1.165, 1.54) is 54.9 Å². The molecule has 1 amide bonds. The molecule has 1 aliphatic rings. The zero-order chi connectivity index (χ0) is 24.6. The fraction of sp³-hybridized carbons (Fsp3) is 0.0870. The van der Waals surface area contributed by atoms with Crippen molar-refractivity contribution in [3.8, 4) is 5.75 Å². The third-order valence-corrected chi connectivity index (χ3v) is 5.73. The van der Waals surface area contributed by atoms with E-state index in [1.807, 2.05) is 0 Å². The van der Waals surface area contributed by atoms with Crippen molar-refractivity contribution in [3.63, 3.8) is 0 Å². The first-order chi connectivity index (χ1) is 16.1. The summed E-state index contributed by atoms with van der Waals surface area (Å²) in [5.74, 6) is -3.19. The van der Waals surface area contributed by atoms with Gasteiger partial charge in [-0.15, -0.1) is 13.2 Å². The van der Waals surface area contributed by atoms with E-state index in [0.29, 0.717) is 5.56 Å². The number of aromatic nitrogens is 1. The van der Waals surface area contributed by atoms with E-state index < -0.39 is 35.6 Å². The molecule has 1 aromatic heterocycles. The number of ether oxygens (including phenoxy) is 1. The van der Waals surface area contributed by atoms with E-state index in [9.17, 15) is 27.9 Å². The Bertz CT molecular complexity index is 1310. The average Bonchev–Trinajstić information content (AvgIpc) is 3.05. The zero-order valence-corrected chi connectivity index (χ0v) is 18.4. The molecule has 0 radical (unpaired) electrons. The van der Waals surface area contributed by atoms with E-state index in [0.717, 1.165) is 17.0 Å². The molecule has 1 fully saturated rings. The van der Waals surface area contributed by atoms with Gasteiger partial charge < -0.3 is 9.84 Å². The molecule has 34 heavy (non-hydrogen) atoms. The number of aliphatic hydroxyl groups excluding tert-OH is 1. The second-order valence-corrected chi connectivity index (χ2v) is 7.94. The molecule has 1 N–H and O–H groups in total. The first-order valence-corrected chi connectivity index (χ1v) is 10.3. The third-order valence-electron chi connectivity index (χ3n) is 4.99. The quantitative estimate of drug-likeness (QED) is 0.269. The smallest absolute Gasteiger partial charge is 0.507 e. The molecular formula is C23H13Cl2F3N2O4. The predicted molar refractivity (Wildman–Crippen MR) is 119 cm³/mol. The number of alkyl halides is 3. The maximum absolute atomic E-state index is 13.1. The molecule has 4 rings (SSSR count). The molecular weight excluding hydrogens is 496 g/mol. The van der Waals surface area contributed by atoms with Gasteiger partial charge in [-0.3, -0.25) is 19.5 Å². The molecule has 174 valence electrons. The van der Waals surface area contributed by atoms with Crippen LogP contribution in [0.25, 0.3) is 5.76 Å². The Morgan fingerprint density at radius 1 is 1.00 bits per heavy atom. The minimum absolute atomic E-state index is 0.0427. The molecule has 0 saturated carbocycles. The van der Waals surface area contributed by atoms with Gasteiger partial charge in [0, 0.05) is 29.7 Å². The molecule has 11 heteroatoms.